The summed E-state index contributed by atoms with van der Waals surface area (Å²) in [6.07, 6.45) is 0.664. The predicted molar refractivity (Wildman–Crippen MR) is 142 cm³/mol. The van der Waals surface area contributed by atoms with Crippen molar-refractivity contribution in [3.8, 4) is 0 Å². The van der Waals surface area contributed by atoms with E-state index in [1.807, 2.05) is 72.2 Å². The molecule has 0 radical (unpaired) electrons. The summed E-state index contributed by atoms with van der Waals surface area (Å²) in [4.78, 5) is 14.6. The first-order valence-corrected chi connectivity index (χ1v) is 14.1. The highest BCUT2D eigenvalue weighted by Gasteiger charge is 2.24. The molecule has 3 aromatic carbocycles. The molecule has 0 saturated carbocycles. The summed E-state index contributed by atoms with van der Waals surface area (Å²) >= 11 is 2.66. The van der Waals surface area contributed by atoms with Crippen molar-refractivity contribution in [2.45, 2.75) is 27.7 Å². The molecule has 2 heterocycles. The van der Waals surface area contributed by atoms with E-state index in [4.69, 9.17) is 0 Å². The van der Waals surface area contributed by atoms with Crippen LogP contribution < -0.4 is 4.72 Å². The topological polar surface area (TPSA) is 68.2 Å². The zero-order chi connectivity index (χ0) is 23.7. The van der Waals surface area contributed by atoms with Crippen LogP contribution in [0, 0.1) is 0 Å². The lowest BCUT2D eigenvalue weighted by Gasteiger charge is -2.16. The normalized spacial score (nSPS) is 12.7. The minimum Gasteiger partial charge on any atom is -0.279 e. The lowest BCUT2D eigenvalue weighted by Crippen LogP contribution is -2.23. The Hall–Kier alpha value is -3.07. The molecule has 0 aliphatic heterocycles. The van der Waals surface area contributed by atoms with Gasteiger partial charge in [0, 0.05) is 21.4 Å². The average Bonchev–Trinajstić information content (AvgIpc) is 3.50. The molecule has 0 aliphatic carbocycles. The van der Waals surface area contributed by atoms with Crippen molar-refractivity contribution in [3.05, 3.63) is 90.3 Å². The summed E-state index contributed by atoms with van der Waals surface area (Å²) in [5.41, 5.74) is 2.30. The third kappa shape index (κ3) is 4.24. The summed E-state index contributed by atoms with van der Waals surface area (Å²) in [5, 5.41) is 3.57. The predicted octanol–water partition coefficient (Wildman–Crippen LogP) is 6.87. The van der Waals surface area contributed by atoms with Crippen molar-refractivity contribution < 1.29 is 13.2 Å². The highest BCUT2D eigenvalue weighted by atomic mass is 32.2. The summed E-state index contributed by atoms with van der Waals surface area (Å²) < 4.78 is 29.6. The van der Waals surface area contributed by atoms with Crippen molar-refractivity contribution in [3.63, 3.8) is 0 Å². The van der Waals surface area contributed by atoms with Gasteiger partial charge >= 0.3 is 0 Å². The van der Waals surface area contributed by atoms with Crippen molar-refractivity contribution in [1.29, 1.82) is 0 Å². The molecule has 5 nitrogen and oxygen atoms in total. The molecule has 0 fully saturated rings. The van der Waals surface area contributed by atoms with Crippen molar-refractivity contribution in [2.24, 2.45) is 0 Å². The zero-order valence-electron chi connectivity index (χ0n) is 18.3. The molecule has 2 aromatic heterocycles. The van der Waals surface area contributed by atoms with E-state index in [2.05, 4.69) is 4.72 Å². The van der Waals surface area contributed by atoms with Gasteiger partial charge in [-0.2, -0.15) is 0 Å². The summed E-state index contributed by atoms with van der Waals surface area (Å²) in [6, 6.07) is 26.4. The monoisotopic (exact) mass is 506 g/mol. The van der Waals surface area contributed by atoms with Crippen LogP contribution in [0.5, 0.6) is 0 Å². The molecule has 1 atom stereocenters. The van der Waals surface area contributed by atoms with E-state index in [0.29, 0.717) is 12.1 Å². The molecule has 8 heteroatoms. The third-order valence-electron chi connectivity index (χ3n) is 5.59. The first-order valence-electron chi connectivity index (χ1n) is 10.8. The van der Waals surface area contributed by atoms with Gasteiger partial charge in [-0.15, -0.1) is 23.1 Å². The van der Waals surface area contributed by atoms with Crippen LogP contribution >= 0.6 is 23.1 Å². The fourth-order valence-corrected chi connectivity index (χ4v) is 7.05. The van der Waals surface area contributed by atoms with Crippen LogP contribution in [0.4, 0.5) is 5.69 Å². The Morgan fingerprint density at radius 2 is 1.53 bits per heavy atom. The number of benzene rings is 3. The fraction of sp³-hybridized carbons (Fsp3) is 0.115. The Kier molecular flexibility index (Phi) is 6.20. The molecule has 1 N–H and O–H groups in total. The second kappa shape index (κ2) is 9.29. The lowest BCUT2D eigenvalue weighted by molar-refractivity contribution is 0.0919. The van der Waals surface area contributed by atoms with E-state index in [-0.39, 0.29) is 15.4 Å². The van der Waals surface area contributed by atoms with Gasteiger partial charge in [-0.05, 0) is 54.3 Å². The lowest BCUT2D eigenvalue weighted by atomic mass is 10.2. The van der Waals surface area contributed by atoms with Gasteiger partial charge in [-0.3, -0.25) is 14.1 Å². The minimum atomic E-state index is -3.59. The quantitative estimate of drug-likeness (QED) is 0.245. The number of thiophene rings is 1. The van der Waals surface area contributed by atoms with Gasteiger partial charge in [-0.25, -0.2) is 8.42 Å². The van der Waals surface area contributed by atoms with E-state index >= 15 is 0 Å². The average molecular weight is 507 g/mol. The molecule has 0 aliphatic rings. The van der Waals surface area contributed by atoms with Gasteiger partial charge in [0.05, 0.1) is 16.3 Å². The third-order valence-corrected chi connectivity index (χ3v) is 9.73. The summed E-state index contributed by atoms with van der Waals surface area (Å²) in [6.45, 7) is 2.01. The van der Waals surface area contributed by atoms with Gasteiger partial charge in [0.2, 0.25) is 5.91 Å². The Balaban J connectivity index is 1.40. The minimum absolute atomic E-state index is 0.0346. The van der Waals surface area contributed by atoms with Gasteiger partial charge in [0.15, 0.2) is 0 Å². The number of thioether (sulfide) groups is 1. The largest absolute Gasteiger partial charge is 0.279 e. The number of carbonyl (C=O) groups excluding carboxylic acids is 1. The molecule has 0 amide bonds. The maximum absolute atomic E-state index is 13.7. The van der Waals surface area contributed by atoms with E-state index in [1.54, 1.807) is 29.6 Å². The summed E-state index contributed by atoms with van der Waals surface area (Å²) in [7, 11) is -3.59. The number of para-hydroxylation sites is 2. The van der Waals surface area contributed by atoms with E-state index in [1.165, 1.54) is 23.1 Å². The van der Waals surface area contributed by atoms with Crippen LogP contribution in [0.3, 0.4) is 0 Å². The number of carbonyl (C=O) groups is 1. The Morgan fingerprint density at radius 1 is 0.912 bits per heavy atom. The Labute approximate surface area is 206 Å². The first kappa shape index (κ1) is 22.7. The highest BCUT2D eigenvalue weighted by molar-refractivity contribution is 8.00. The molecule has 1 unspecified atom stereocenters. The molecule has 5 aromatic rings. The zero-order valence-corrected chi connectivity index (χ0v) is 20.8. The summed E-state index contributed by atoms with van der Waals surface area (Å²) in [5.74, 6) is 0.0346. The number of aromatic nitrogens is 1. The number of rotatable bonds is 7. The highest BCUT2D eigenvalue weighted by Crippen LogP contribution is 2.33. The molecule has 0 spiro atoms. The Bertz CT molecular complexity index is 1520. The number of hydrogen-bond acceptors (Lipinski definition) is 5. The number of nitrogens with zero attached hydrogens (tertiary/aromatic N) is 1. The molecular formula is C26H22N2O3S3. The molecule has 34 heavy (non-hydrogen) atoms. The van der Waals surface area contributed by atoms with Crippen LogP contribution in [0.15, 0.2) is 99.4 Å². The number of sulfonamides is 1. The van der Waals surface area contributed by atoms with E-state index < -0.39 is 10.0 Å². The first-order chi connectivity index (χ1) is 16.5. The molecule has 0 saturated heterocycles. The van der Waals surface area contributed by atoms with Crippen LogP contribution in [0.1, 0.15) is 18.1 Å². The smallest absolute Gasteiger partial charge is 0.271 e. The van der Waals surface area contributed by atoms with Gasteiger partial charge in [0.25, 0.3) is 10.0 Å². The van der Waals surface area contributed by atoms with Gasteiger partial charge in [0.1, 0.15) is 4.21 Å². The molecule has 0 bridgehead atoms. The maximum Gasteiger partial charge on any atom is 0.271 e. The standard InChI is InChI=1S/C26H22N2O3S3/c1-2-24(26(29)28-22-10-5-3-8-20(22)21-9-4-6-11-23(21)28)33-19-15-13-18(14-16-19)27-34(30,31)25-12-7-17-32-25/h3-17,24,27H,2H2,1H3. The van der Waals surface area contributed by atoms with Crippen molar-refractivity contribution >= 4 is 66.5 Å². The number of fused-ring (bicyclic) bond motifs is 3. The maximum atomic E-state index is 13.7. The van der Waals surface area contributed by atoms with Crippen LogP contribution in [-0.2, 0) is 10.0 Å². The van der Waals surface area contributed by atoms with Gasteiger partial charge < -0.3 is 0 Å². The van der Waals surface area contributed by atoms with Gasteiger partial charge in [-0.1, -0.05) is 49.4 Å². The van der Waals surface area contributed by atoms with Crippen molar-refractivity contribution in [2.75, 3.05) is 4.72 Å². The van der Waals surface area contributed by atoms with E-state index in [9.17, 15) is 13.2 Å². The van der Waals surface area contributed by atoms with Crippen LogP contribution in [0.25, 0.3) is 21.8 Å². The molecular weight excluding hydrogens is 484 g/mol. The van der Waals surface area contributed by atoms with Crippen LogP contribution in [0.2, 0.25) is 0 Å². The second-order valence-electron chi connectivity index (χ2n) is 7.78. The van der Waals surface area contributed by atoms with E-state index in [0.717, 1.165) is 26.7 Å². The SMILES string of the molecule is CCC(Sc1ccc(NS(=O)(=O)c2cccs2)cc1)C(=O)n1c2ccccc2c2ccccc21. The van der Waals surface area contributed by atoms with Crippen LogP contribution in [-0.4, -0.2) is 24.1 Å². The molecule has 5 rings (SSSR count). The van der Waals surface area contributed by atoms with Crippen molar-refractivity contribution in [1.82, 2.24) is 4.57 Å². The Morgan fingerprint density at radius 3 is 2.09 bits per heavy atom. The fourth-order valence-electron chi connectivity index (χ4n) is 4.00. The second-order valence-corrected chi connectivity index (χ2v) is 11.9. The number of hydrogen-bond donors (Lipinski definition) is 1. The number of nitrogens with one attached hydrogen (secondary N) is 1. The molecule has 172 valence electrons. The number of anilines is 1.